The monoisotopic (exact) mass is 527 g/mol. The number of rotatable bonds is 7. The summed E-state index contributed by atoms with van der Waals surface area (Å²) in [6.45, 7) is 0. The van der Waals surface area contributed by atoms with E-state index in [0.717, 1.165) is 17.4 Å². The summed E-state index contributed by atoms with van der Waals surface area (Å²) in [4.78, 5) is 57.2. The molecule has 0 radical (unpaired) electrons. The molecule has 3 amide bonds. The maximum Gasteiger partial charge on any atom is 0.471 e. The second-order valence-corrected chi connectivity index (χ2v) is 8.59. The lowest BCUT2D eigenvalue weighted by Gasteiger charge is -2.49. The Morgan fingerprint density at radius 2 is 2.12 bits per heavy atom. The molecule has 0 spiro atoms. The van der Waals surface area contributed by atoms with Crippen LogP contribution in [-0.4, -0.2) is 80.7 Å². The summed E-state index contributed by atoms with van der Waals surface area (Å²) >= 11 is 7.57. The zero-order chi connectivity index (χ0) is 24.5. The maximum absolute atomic E-state index is 12.7. The summed E-state index contributed by atoms with van der Waals surface area (Å²) in [5, 5.41) is 16.9. The number of nitrogens with zero attached hydrogens (tertiary/aromatic N) is 3. The van der Waals surface area contributed by atoms with Crippen LogP contribution in [0.5, 0.6) is 0 Å². The molecule has 178 valence electrons. The minimum atomic E-state index is -5.13. The van der Waals surface area contributed by atoms with Gasteiger partial charge in [-0.2, -0.15) is 13.2 Å². The number of fused-ring (bicyclic) bond motifs is 1. The van der Waals surface area contributed by atoms with Gasteiger partial charge < -0.3 is 15.3 Å². The second kappa shape index (κ2) is 9.56. The molecule has 1 unspecified atom stereocenters. The van der Waals surface area contributed by atoms with Crippen LogP contribution in [0.1, 0.15) is 5.69 Å². The summed E-state index contributed by atoms with van der Waals surface area (Å²) in [6.07, 6.45) is -5.13. The van der Waals surface area contributed by atoms with Crippen molar-refractivity contribution in [2.45, 2.75) is 17.6 Å². The van der Waals surface area contributed by atoms with Crippen LogP contribution < -0.4 is 10.6 Å². The molecule has 0 bridgehead atoms. The number of carbonyl (C=O) groups is 4. The van der Waals surface area contributed by atoms with E-state index in [0.29, 0.717) is 16.9 Å². The predicted molar refractivity (Wildman–Crippen MR) is 111 cm³/mol. The van der Waals surface area contributed by atoms with Crippen LogP contribution in [0.2, 0.25) is 0 Å². The lowest BCUT2D eigenvalue weighted by atomic mass is 10.0. The fraction of sp³-hybridized carbons (Fsp3) is 0.375. The molecule has 1 aromatic rings. The number of aromatic nitrogens is 1. The first-order chi connectivity index (χ1) is 15.5. The van der Waals surface area contributed by atoms with Gasteiger partial charge in [0.15, 0.2) is 10.8 Å². The van der Waals surface area contributed by atoms with E-state index in [-0.39, 0.29) is 23.0 Å². The van der Waals surface area contributed by atoms with Gasteiger partial charge in [-0.1, -0.05) is 5.16 Å². The molecule has 3 heterocycles. The number of halogens is 4. The van der Waals surface area contributed by atoms with E-state index in [1.807, 2.05) is 0 Å². The number of carbonyl (C=O) groups excluding carboxylic acids is 3. The molecule has 3 N–H and O–H groups in total. The Hall–Kier alpha value is -2.85. The molecule has 0 aliphatic carbocycles. The topological polar surface area (TPSA) is 150 Å². The van der Waals surface area contributed by atoms with Crippen molar-refractivity contribution in [3.8, 4) is 0 Å². The quantitative estimate of drug-likeness (QED) is 0.205. The number of oxime groups is 1. The van der Waals surface area contributed by atoms with E-state index >= 15 is 0 Å². The van der Waals surface area contributed by atoms with Gasteiger partial charge in [0.2, 0.25) is 0 Å². The van der Waals surface area contributed by atoms with E-state index in [9.17, 15) is 37.5 Å². The minimum absolute atomic E-state index is 0.0795. The van der Waals surface area contributed by atoms with Crippen LogP contribution in [0.15, 0.2) is 21.8 Å². The minimum Gasteiger partial charge on any atom is -0.477 e. The van der Waals surface area contributed by atoms with Gasteiger partial charge in [0, 0.05) is 17.0 Å². The molecule has 33 heavy (non-hydrogen) atoms. The van der Waals surface area contributed by atoms with E-state index < -0.39 is 52.1 Å². The van der Waals surface area contributed by atoms with Crippen molar-refractivity contribution in [3.63, 3.8) is 0 Å². The first-order valence-electron chi connectivity index (χ1n) is 8.71. The third-order valence-electron chi connectivity index (χ3n) is 4.32. The number of hydrogen-bond donors (Lipinski definition) is 3. The van der Waals surface area contributed by atoms with Crippen molar-refractivity contribution in [3.05, 3.63) is 22.3 Å². The van der Waals surface area contributed by atoms with Crippen LogP contribution in [0, 0.1) is 0 Å². The Morgan fingerprint density at radius 3 is 2.70 bits per heavy atom. The molecule has 1 fully saturated rings. The molecule has 2 aliphatic heterocycles. The average Bonchev–Trinajstić information content (AvgIpc) is 3.21. The smallest absolute Gasteiger partial charge is 0.471 e. The first-order valence-corrected chi connectivity index (χ1v) is 11.2. The third-order valence-corrected chi connectivity index (χ3v) is 6.74. The number of thiazole rings is 1. The summed E-state index contributed by atoms with van der Waals surface area (Å²) in [5.74, 6) is -5.05. The van der Waals surface area contributed by atoms with Crippen molar-refractivity contribution in [2.24, 2.45) is 5.16 Å². The summed E-state index contributed by atoms with van der Waals surface area (Å²) in [7, 11) is 1.11. The van der Waals surface area contributed by atoms with Crippen molar-refractivity contribution >= 4 is 69.2 Å². The number of alkyl halides is 4. The highest BCUT2D eigenvalue weighted by atomic mass is 35.5. The Labute approximate surface area is 196 Å². The Morgan fingerprint density at radius 1 is 1.42 bits per heavy atom. The van der Waals surface area contributed by atoms with Crippen LogP contribution >= 0.6 is 34.7 Å². The molecule has 2 aliphatic rings. The lowest BCUT2D eigenvalue weighted by molar-refractivity contribution is -0.167. The largest absolute Gasteiger partial charge is 0.477 e. The number of carboxylic acids is 1. The Kier molecular flexibility index (Phi) is 7.18. The SMILES string of the molecule is CON=C(C(=O)NC1C(=O)N2C(C(=O)O)=C(CCl)CS[C@@H]12)c1csc(NC(=O)C(F)(F)F)n1. The summed E-state index contributed by atoms with van der Waals surface area (Å²) < 4.78 is 37.2. The van der Waals surface area contributed by atoms with E-state index in [1.54, 1.807) is 5.32 Å². The van der Waals surface area contributed by atoms with Gasteiger partial charge in [-0.3, -0.25) is 24.6 Å². The Balaban J connectivity index is 1.75. The maximum atomic E-state index is 12.7. The number of hydrogen-bond acceptors (Lipinski definition) is 9. The van der Waals surface area contributed by atoms with Gasteiger partial charge in [0.1, 0.15) is 29.9 Å². The average molecular weight is 528 g/mol. The number of aliphatic carboxylic acids is 1. The number of anilines is 1. The van der Waals surface area contributed by atoms with Crippen molar-refractivity contribution in [1.82, 2.24) is 15.2 Å². The number of thioether (sulfide) groups is 1. The highest BCUT2D eigenvalue weighted by Crippen LogP contribution is 2.40. The van der Waals surface area contributed by atoms with Gasteiger partial charge in [0.25, 0.3) is 11.8 Å². The van der Waals surface area contributed by atoms with Crippen molar-refractivity contribution < 1.29 is 42.3 Å². The lowest BCUT2D eigenvalue weighted by Crippen LogP contribution is -2.71. The molecular formula is C16H13ClF3N5O6S2. The van der Waals surface area contributed by atoms with E-state index in [2.05, 4.69) is 20.3 Å². The molecule has 1 aromatic heterocycles. The molecule has 1 saturated heterocycles. The predicted octanol–water partition coefficient (Wildman–Crippen LogP) is 0.972. The molecular weight excluding hydrogens is 515 g/mol. The van der Waals surface area contributed by atoms with E-state index in [4.69, 9.17) is 11.6 Å². The van der Waals surface area contributed by atoms with Gasteiger partial charge in [-0.05, 0) is 5.57 Å². The van der Waals surface area contributed by atoms with Gasteiger partial charge in [0.05, 0.1) is 0 Å². The van der Waals surface area contributed by atoms with Crippen molar-refractivity contribution in [2.75, 3.05) is 24.1 Å². The zero-order valence-corrected chi connectivity index (χ0v) is 18.7. The Bertz CT molecular complexity index is 1080. The number of nitrogens with one attached hydrogen (secondary N) is 2. The highest BCUT2D eigenvalue weighted by molar-refractivity contribution is 8.00. The van der Waals surface area contributed by atoms with Crippen LogP contribution in [0.3, 0.4) is 0 Å². The van der Waals surface area contributed by atoms with Gasteiger partial charge in [-0.15, -0.1) is 34.7 Å². The normalized spacial score (nSPS) is 20.7. The first kappa shape index (κ1) is 24.8. The molecule has 2 atom stereocenters. The number of amides is 3. The van der Waals surface area contributed by atoms with Gasteiger partial charge >= 0.3 is 18.1 Å². The van der Waals surface area contributed by atoms with Gasteiger partial charge in [-0.25, -0.2) is 9.78 Å². The molecule has 3 rings (SSSR count). The zero-order valence-electron chi connectivity index (χ0n) is 16.3. The summed E-state index contributed by atoms with van der Waals surface area (Å²) in [6, 6.07) is -1.10. The third kappa shape index (κ3) is 4.91. The second-order valence-electron chi connectivity index (χ2n) is 6.36. The molecule has 0 saturated carbocycles. The fourth-order valence-electron chi connectivity index (χ4n) is 2.90. The summed E-state index contributed by atoms with van der Waals surface area (Å²) in [5.41, 5.74) is -0.559. The van der Waals surface area contributed by atoms with Crippen LogP contribution in [0.25, 0.3) is 0 Å². The molecule has 0 aromatic carbocycles. The molecule has 17 heteroatoms. The van der Waals surface area contributed by atoms with Crippen LogP contribution in [0.4, 0.5) is 18.3 Å². The number of β-lactam (4-membered cyclic amide) rings is 1. The standard InChI is InChI=1S/C16H13ClF3N5O6S2/c1-31-24-7(6-4-33-15(21-6)23-14(30)16(18,19)20)10(26)22-8-11(27)25-9(13(28)29)5(2-17)3-32-12(8)25/h4,8,12H,2-3H2,1H3,(H,22,26)(H,28,29)(H,21,23,30)/t8?,12-/m0/s1. The van der Waals surface area contributed by atoms with Crippen LogP contribution in [-0.2, 0) is 24.0 Å². The highest BCUT2D eigenvalue weighted by Gasteiger charge is 2.54. The fourth-order valence-corrected chi connectivity index (χ4v) is 5.27. The number of carboxylic acid groups (broad SMARTS) is 1. The van der Waals surface area contributed by atoms with Crippen molar-refractivity contribution in [1.29, 1.82) is 0 Å². The van der Waals surface area contributed by atoms with E-state index in [1.165, 1.54) is 11.8 Å². The molecule has 11 nitrogen and oxygen atoms in total.